The van der Waals surface area contributed by atoms with Crippen molar-refractivity contribution >= 4 is 5.97 Å². The lowest BCUT2D eigenvalue weighted by atomic mass is 9.94. The van der Waals surface area contributed by atoms with E-state index in [-0.39, 0.29) is 5.56 Å². The second-order valence-electron chi connectivity index (χ2n) is 3.96. The summed E-state index contributed by atoms with van der Waals surface area (Å²) in [5.74, 6) is -4.56. The van der Waals surface area contributed by atoms with Gasteiger partial charge in [-0.05, 0) is 12.5 Å². The molecule has 1 atom stereocenters. The van der Waals surface area contributed by atoms with E-state index in [4.69, 9.17) is 5.11 Å². The van der Waals surface area contributed by atoms with Crippen LogP contribution in [-0.4, -0.2) is 17.0 Å². The third kappa shape index (κ3) is 1.24. The van der Waals surface area contributed by atoms with Crippen molar-refractivity contribution in [1.29, 1.82) is 0 Å². The van der Waals surface area contributed by atoms with Crippen molar-refractivity contribution in [2.75, 3.05) is 0 Å². The summed E-state index contributed by atoms with van der Waals surface area (Å²) >= 11 is 0. The molecule has 80 valence electrons. The number of rotatable bonds is 2. The SMILES string of the molecule is Cc1cccc([C@]2(C(=O)O)CC2(F)F)c1. The normalized spacial score (nSPS) is 27.4. The number of carboxylic acid groups (broad SMARTS) is 1. The minimum atomic E-state index is -3.12. The molecule has 15 heavy (non-hydrogen) atoms. The zero-order valence-corrected chi connectivity index (χ0v) is 8.13. The lowest BCUT2D eigenvalue weighted by molar-refractivity contribution is -0.142. The highest BCUT2D eigenvalue weighted by atomic mass is 19.3. The van der Waals surface area contributed by atoms with Crippen molar-refractivity contribution in [3.8, 4) is 0 Å². The first-order valence-electron chi connectivity index (χ1n) is 4.58. The molecule has 0 unspecified atom stereocenters. The lowest BCUT2D eigenvalue weighted by Gasteiger charge is -2.11. The summed E-state index contributed by atoms with van der Waals surface area (Å²) in [5, 5.41) is 8.90. The Balaban J connectivity index is 2.50. The van der Waals surface area contributed by atoms with Crippen molar-refractivity contribution in [3.63, 3.8) is 0 Å². The maximum absolute atomic E-state index is 13.1. The first-order chi connectivity index (χ1) is 6.90. The summed E-state index contributed by atoms with van der Waals surface area (Å²) in [6.45, 7) is 1.75. The van der Waals surface area contributed by atoms with Crippen molar-refractivity contribution in [1.82, 2.24) is 0 Å². The molecule has 2 rings (SSSR count). The molecule has 1 N–H and O–H groups in total. The summed E-state index contributed by atoms with van der Waals surface area (Å²) in [6, 6.07) is 6.31. The maximum Gasteiger partial charge on any atom is 0.320 e. The monoisotopic (exact) mass is 212 g/mol. The van der Waals surface area contributed by atoms with Gasteiger partial charge in [0.05, 0.1) is 0 Å². The van der Waals surface area contributed by atoms with Crippen LogP contribution in [-0.2, 0) is 10.2 Å². The highest BCUT2D eigenvalue weighted by Crippen LogP contribution is 2.61. The molecule has 1 aromatic rings. The fourth-order valence-corrected chi connectivity index (χ4v) is 1.87. The van der Waals surface area contributed by atoms with E-state index in [2.05, 4.69) is 0 Å². The van der Waals surface area contributed by atoms with Gasteiger partial charge >= 0.3 is 5.97 Å². The van der Waals surface area contributed by atoms with Gasteiger partial charge in [0.15, 0.2) is 5.41 Å². The van der Waals surface area contributed by atoms with Gasteiger partial charge in [-0.2, -0.15) is 0 Å². The van der Waals surface area contributed by atoms with Gasteiger partial charge < -0.3 is 5.11 Å². The Morgan fingerprint density at radius 2 is 2.07 bits per heavy atom. The molecular formula is C11H10F2O2. The Labute approximate surface area is 85.5 Å². The summed E-state index contributed by atoms with van der Waals surface area (Å²) < 4.78 is 26.3. The van der Waals surface area contributed by atoms with E-state index in [9.17, 15) is 13.6 Å². The van der Waals surface area contributed by atoms with Gasteiger partial charge in [0, 0.05) is 6.42 Å². The van der Waals surface area contributed by atoms with Crippen LogP contribution in [0.3, 0.4) is 0 Å². The Bertz CT molecular complexity index is 428. The number of aliphatic carboxylic acids is 1. The molecule has 0 radical (unpaired) electrons. The fraction of sp³-hybridized carbons (Fsp3) is 0.364. The van der Waals surface area contributed by atoms with Gasteiger partial charge in [0.2, 0.25) is 0 Å². The number of benzene rings is 1. The Hall–Kier alpha value is -1.45. The molecule has 1 aliphatic rings. The average Bonchev–Trinajstić information content (AvgIpc) is 2.71. The minimum Gasteiger partial charge on any atom is -0.480 e. The third-order valence-corrected chi connectivity index (χ3v) is 2.86. The van der Waals surface area contributed by atoms with Crippen LogP contribution >= 0.6 is 0 Å². The zero-order valence-electron chi connectivity index (χ0n) is 8.13. The number of hydrogen-bond acceptors (Lipinski definition) is 1. The van der Waals surface area contributed by atoms with Crippen LogP contribution in [0.25, 0.3) is 0 Å². The zero-order chi connectivity index (χ0) is 11.3. The highest BCUT2D eigenvalue weighted by Gasteiger charge is 2.77. The number of hydrogen-bond donors (Lipinski definition) is 1. The van der Waals surface area contributed by atoms with Crippen molar-refractivity contribution in [3.05, 3.63) is 35.4 Å². The average molecular weight is 212 g/mol. The molecular weight excluding hydrogens is 202 g/mol. The molecule has 0 bridgehead atoms. The third-order valence-electron chi connectivity index (χ3n) is 2.86. The lowest BCUT2D eigenvalue weighted by Crippen LogP contribution is -2.27. The van der Waals surface area contributed by atoms with Crippen LogP contribution in [0.5, 0.6) is 0 Å². The van der Waals surface area contributed by atoms with E-state index in [1.54, 1.807) is 19.1 Å². The number of carboxylic acids is 1. The molecule has 0 spiro atoms. The first kappa shape index (κ1) is 10.1. The molecule has 1 fully saturated rings. The van der Waals surface area contributed by atoms with Gasteiger partial charge in [-0.3, -0.25) is 4.79 Å². The van der Waals surface area contributed by atoms with E-state index in [0.29, 0.717) is 0 Å². The van der Waals surface area contributed by atoms with Crippen LogP contribution in [0, 0.1) is 6.92 Å². The van der Waals surface area contributed by atoms with E-state index < -0.39 is 23.7 Å². The van der Waals surface area contributed by atoms with E-state index in [1.807, 2.05) is 0 Å². The Morgan fingerprint density at radius 3 is 2.47 bits per heavy atom. The van der Waals surface area contributed by atoms with E-state index in [1.165, 1.54) is 12.1 Å². The van der Waals surface area contributed by atoms with Crippen LogP contribution in [0.2, 0.25) is 0 Å². The largest absolute Gasteiger partial charge is 0.480 e. The molecule has 1 aliphatic carbocycles. The van der Waals surface area contributed by atoms with Crippen molar-refractivity contribution < 1.29 is 18.7 Å². The number of alkyl halides is 2. The smallest absolute Gasteiger partial charge is 0.320 e. The van der Waals surface area contributed by atoms with Gasteiger partial charge in [0.1, 0.15) is 0 Å². The summed E-state index contributed by atoms with van der Waals surface area (Å²) in [7, 11) is 0. The van der Waals surface area contributed by atoms with Crippen LogP contribution in [0.15, 0.2) is 24.3 Å². The summed E-state index contributed by atoms with van der Waals surface area (Å²) in [5.41, 5.74) is -1.00. The van der Waals surface area contributed by atoms with Gasteiger partial charge in [-0.1, -0.05) is 29.8 Å². The number of carbonyl (C=O) groups is 1. The van der Waals surface area contributed by atoms with E-state index >= 15 is 0 Å². The molecule has 1 aromatic carbocycles. The first-order valence-corrected chi connectivity index (χ1v) is 4.58. The molecule has 2 nitrogen and oxygen atoms in total. The number of aryl methyl sites for hydroxylation is 1. The molecule has 0 heterocycles. The van der Waals surface area contributed by atoms with Crippen molar-refractivity contribution in [2.24, 2.45) is 0 Å². The minimum absolute atomic E-state index is 0.194. The maximum atomic E-state index is 13.1. The summed E-state index contributed by atoms with van der Waals surface area (Å²) in [4.78, 5) is 10.9. The quantitative estimate of drug-likeness (QED) is 0.817. The topological polar surface area (TPSA) is 37.3 Å². The molecule has 0 amide bonds. The highest BCUT2D eigenvalue weighted by molar-refractivity contribution is 5.87. The molecule has 0 aromatic heterocycles. The van der Waals surface area contributed by atoms with E-state index in [0.717, 1.165) is 5.56 Å². The van der Waals surface area contributed by atoms with Gasteiger partial charge in [-0.25, -0.2) is 8.78 Å². The Morgan fingerprint density at radius 1 is 1.47 bits per heavy atom. The fourth-order valence-electron chi connectivity index (χ4n) is 1.87. The molecule has 0 aliphatic heterocycles. The van der Waals surface area contributed by atoms with Crippen LogP contribution in [0.4, 0.5) is 8.78 Å². The summed E-state index contributed by atoms with van der Waals surface area (Å²) in [6.07, 6.45) is -0.598. The molecule has 0 saturated heterocycles. The second kappa shape index (κ2) is 2.78. The Kier molecular flexibility index (Phi) is 1.87. The van der Waals surface area contributed by atoms with Crippen LogP contribution in [0.1, 0.15) is 17.5 Å². The predicted molar refractivity (Wildman–Crippen MR) is 50.1 cm³/mol. The second-order valence-corrected chi connectivity index (χ2v) is 3.96. The molecule has 1 saturated carbocycles. The van der Waals surface area contributed by atoms with Gasteiger partial charge in [-0.15, -0.1) is 0 Å². The molecule has 4 heteroatoms. The predicted octanol–water partition coefficient (Wildman–Crippen LogP) is 2.36. The standard InChI is InChI=1S/C11H10F2O2/c1-7-3-2-4-8(5-7)10(9(14)15)6-11(10,12)13/h2-5H,6H2,1H3,(H,14,15)/t10-/m0/s1. The van der Waals surface area contributed by atoms with Crippen LogP contribution < -0.4 is 0 Å². The number of halogens is 2. The van der Waals surface area contributed by atoms with Gasteiger partial charge in [0.25, 0.3) is 5.92 Å². The van der Waals surface area contributed by atoms with Crippen molar-refractivity contribution in [2.45, 2.75) is 24.7 Å².